The van der Waals surface area contributed by atoms with Gasteiger partial charge in [-0.3, -0.25) is 9.59 Å². The van der Waals surface area contributed by atoms with Crippen LogP contribution in [-0.4, -0.2) is 50.7 Å². The number of benzene rings is 2. The number of nitrogens with zero attached hydrogens (tertiary/aromatic N) is 1. The molecule has 0 unspecified atom stereocenters. The molecule has 0 aliphatic carbocycles. The molecule has 7 nitrogen and oxygen atoms in total. The van der Waals surface area contributed by atoms with Gasteiger partial charge in [-0.05, 0) is 41.7 Å². The third-order valence-corrected chi connectivity index (χ3v) is 6.92. The van der Waals surface area contributed by atoms with Crippen molar-refractivity contribution in [3.05, 3.63) is 65.2 Å². The van der Waals surface area contributed by atoms with Crippen LogP contribution in [0, 0.1) is 0 Å². The Labute approximate surface area is 177 Å². The zero-order valence-electron chi connectivity index (χ0n) is 17.2. The molecular weight excluding hydrogens is 402 g/mol. The van der Waals surface area contributed by atoms with E-state index in [2.05, 4.69) is 48.7 Å². The van der Waals surface area contributed by atoms with Crippen molar-refractivity contribution in [2.24, 2.45) is 0 Å². The fourth-order valence-corrected chi connectivity index (χ4v) is 4.70. The quantitative estimate of drug-likeness (QED) is 0.703. The van der Waals surface area contributed by atoms with Crippen LogP contribution < -0.4 is 10.6 Å². The Morgan fingerprint density at radius 3 is 2.57 bits per heavy atom. The van der Waals surface area contributed by atoms with E-state index in [4.69, 9.17) is 0 Å². The Morgan fingerprint density at radius 2 is 1.90 bits per heavy atom. The van der Waals surface area contributed by atoms with Crippen molar-refractivity contribution in [3.8, 4) is 0 Å². The summed E-state index contributed by atoms with van der Waals surface area (Å²) in [7, 11) is -3.83. The van der Waals surface area contributed by atoms with Crippen LogP contribution >= 0.6 is 0 Å². The first-order chi connectivity index (χ1) is 14.3. The maximum absolute atomic E-state index is 12.8. The lowest BCUT2D eigenvalue weighted by Crippen LogP contribution is -2.49. The number of rotatable bonds is 7. The van der Waals surface area contributed by atoms with Gasteiger partial charge in [0.05, 0.1) is 11.4 Å². The molecule has 1 fully saturated rings. The van der Waals surface area contributed by atoms with Crippen LogP contribution in [0.5, 0.6) is 0 Å². The number of piperazine rings is 1. The smallest absolute Gasteiger partial charge is 0.251 e. The van der Waals surface area contributed by atoms with Crippen LogP contribution in [0.25, 0.3) is 0 Å². The molecule has 2 aromatic rings. The normalized spacial score (nSPS) is 15.1. The van der Waals surface area contributed by atoms with Gasteiger partial charge in [-0.1, -0.05) is 44.2 Å². The Kier molecular flexibility index (Phi) is 6.89. The Hall–Kier alpha value is -2.71. The molecule has 0 atom stereocenters. The molecule has 8 heteroatoms. The third kappa shape index (κ3) is 5.25. The predicted molar refractivity (Wildman–Crippen MR) is 115 cm³/mol. The first-order valence-corrected chi connectivity index (χ1v) is 11.5. The number of nitrogens with one attached hydrogen (secondary N) is 2. The SMILES string of the molecule is CC(C)c1ccc(CCNC(=O)c2cccc(S(=O)(=O)N3CCNC(=O)C3)c2)cc1. The Morgan fingerprint density at radius 1 is 1.17 bits per heavy atom. The van der Waals surface area contributed by atoms with Crippen molar-refractivity contribution in [2.45, 2.75) is 31.1 Å². The van der Waals surface area contributed by atoms with Gasteiger partial charge in [0.15, 0.2) is 0 Å². The second-order valence-electron chi connectivity index (χ2n) is 7.62. The van der Waals surface area contributed by atoms with E-state index in [1.807, 2.05) is 0 Å². The molecule has 0 bridgehead atoms. The van der Waals surface area contributed by atoms with Crippen LogP contribution in [0.2, 0.25) is 0 Å². The van der Waals surface area contributed by atoms with E-state index in [9.17, 15) is 18.0 Å². The van der Waals surface area contributed by atoms with Gasteiger partial charge >= 0.3 is 0 Å². The molecule has 1 aliphatic heterocycles. The maximum Gasteiger partial charge on any atom is 0.251 e. The molecule has 0 radical (unpaired) electrons. The second kappa shape index (κ2) is 9.40. The first-order valence-electron chi connectivity index (χ1n) is 10.0. The van der Waals surface area contributed by atoms with Gasteiger partial charge in [0, 0.05) is 25.2 Å². The van der Waals surface area contributed by atoms with Gasteiger partial charge in [0.1, 0.15) is 0 Å². The van der Waals surface area contributed by atoms with E-state index in [1.165, 1.54) is 23.8 Å². The average molecular weight is 430 g/mol. The minimum atomic E-state index is -3.83. The van der Waals surface area contributed by atoms with Crippen LogP contribution in [0.3, 0.4) is 0 Å². The lowest BCUT2D eigenvalue weighted by Gasteiger charge is -2.26. The highest BCUT2D eigenvalue weighted by Gasteiger charge is 2.29. The van der Waals surface area contributed by atoms with Gasteiger partial charge in [0.25, 0.3) is 5.91 Å². The molecule has 0 saturated carbocycles. The Bertz CT molecular complexity index is 1020. The van der Waals surface area contributed by atoms with Crippen molar-refractivity contribution in [1.29, 1.82) is 0 Å². The largest absolute Gasteiger partial charge is 0.354 e. The van der Waals surface area contributed by atoms with Gasteiger partial charge in [-0.2, -0.15) is 4.31 Å². The van der Waals surface area contributed by atoms with Gasteiger partial charge in [-0.25, -0.2) is 8.42 Å². The second-order valence-corrected chi connectivity index (χ2v) is 9.56. The lowest BCUT2D eigenvalue weighted by molar-refractivity contribution is -0.122. The standard InChI is InChI=1S/C22H27N3O4S/c1-16(2)18-8-6-17(7-9-18)10-11-24-22(27)19-4-3-5-20(14-19)30(28,29)25-13-12-23-21(26)15-25/h3-9,14,16H,10-13,15H2,1-2H3,(H,23,26)(H,24,27). The first kappa shape index (κ1) is 22.0. The molecule has 1 heterocycles. The number of hydrogen-bond donors (Lipinski definition) is 2. The zero-order chi connectivity index (χ0) is 21.7. The topological polar surface area (TPSA) is 95.6 Å². The highest BCUT2D eigenvalue weighted by atomic mass is 32.2. The van der Waals surface area contributed by atoms with E-state index in [0.29, 0.717) is 18.9 Å². The highest BCUT2D eigenvalue weighted by molar-refractivity contribution is 7.89. The number of hydrogen-bond acceptors (Lipinski definition) is 4. The molecule has 1 saturated heterocycles. The van der Waals surface area contributed by atoms with E-state index < -0.39 is 10.0 Å². The number of carbonyl (C=O) groups is 2. The Balaban J connectivity index is 1.62. The molecule has 30 heavy (non-hydrogen) atoms. The van der Waals surface area contributed by atoms with Crippen molar-refractivity contribution < 1.29 is 18.0 Å². The molecule has 160 valence electrons. The van der Waals surface area contributed by atoms with E-state index in [1.54, 1.807) is 6.07 Å². The monoisotopic (exact) mass is 429 g/mol. The summed E-state index contributed by atoms with van der Waals surface area (Å²) in [5.74, 6) is -0.191. The summed E-state index contributed by atoms with van der Waals surface area (Å²) in [5.41, 5.74) is 2.67. The lowest BCUT2D eigenvalue weighted by atomic mass is 10.0. The van der Waals surface area contributed by atoms with E-state index in [0.717, 1.165) is 9.87 Å². The summed E-state index contributed by atoms with van der Waals surface area (Å²) >= 11 is 0. The summed E-state index contributed by atoms with van der Waals surface area (Å²) in [6.07, 6.45) is 0.686. The summed E-state index contributed by atoms with van der Waals surface area (Å²) in [5, 5.41) is 5.44. The molecule has 3 rings (SSSR count). The molecule has 2 amide bonds. The van der Waals surface area contributed by atoms with Crippen LogP contribution in [0.1, 0.15) is 41.3 Å². The van der Waals surface area contributed by atoms with Gasteiger partial charge < -0.3 is 10.6 Å². The van der Waals surface area contributed by atoms with E-state index in [-0.39, 0.29) is 41.9 Å². The maximum atomic E-state index is 12.8. The van der Waals surface area contributed by atoms with Gasteiger partial charge in [0.2, 0.25) is 15.9 Å². The van der Waals surface area contributed by atoms with Crippen molar-refractivity contribution in [3.63, 3.8) is 0 Å². The molecule has 1 aliphatic rings. The minimum absolute atomic E-state index is 0.00845. The molecule has 2 N–H and O–H groups in total. The molecule has 2 aromatic carbocycles. The summed E-state index contributed by atoms with van der Waals surface area (Å²) in [6.45, 7) is 5.00. The third-order valence-electron chi connectivity index (χ3n) is 5.08. The number of amides is 2. The van der Waals surface area contributed by atoms with Gasteiger partial charge in [-0.15, -0.1) is 0 Å². The van der Waals surface area contributed by atoms with Crippen LogP contribution in [-0.2, 0) is 21.2 Å². The molecule has 0 spiro atoms. The average Bonchev–Trinajstić information content (AvgIpc) is 2.74. The highest BCUT2D eigenvalue weighted by Crippen LogP contribution is 2.18. The fourth-order valence-electron chi connectivity index (χ4n) is 3.26. The van der Waals surface area contributed by atoms with Crippen LogP contribution in [0.4, 0.5) is 0 Å². The fraction of sp³-hybridized carbons (Fsp3) is 0.364. The summed E-state index contributed by atoms with van der Waals surface area (Å²) in [6, 6.07) is 14.2. The zero-order valence-corrected chi connectivity index (χ0v) is 18.0. The molecular formula is C22H27N3O4S. The van der Waals surface area contributed by atoms with Crippen LogP contribution in [0.15, 0.2) is 53.4 Å². The number of sulfonamides is 1. The summed E-state index contributed by atoms with van der Waals surface area (Å²) in [4.78, 5) is 24.0. The minimum Gasteiger partial charge on any atom is -0.354 e. The summed E-state index contributed by atoms with van der Waals surface area (Å²) < 4.78 is 26.7. The number of carbonyl (C=O) groups excluding carboxylic acids is 2. The van der Waals surface area contributed by atoms with Crippen molar-refractivity contribution in [1.82, 2.24) is 14.9 Å². The van der Waals surface area contributed by atoms with Crippen molar-refractivity contribution in [2.75, 3.05) is 26.2 Å². The predicted octanol–water partition coefficient (Wildman–Crippen LogP) is 1.90. The molecule has 0 aromatic heterocycles. The van der Waals surface area contributed by atoms with Crippen molar-refractivity contribution >= 4 is 21.8 Å². The van der Waals surface area contributed by atoms with E-state index >= 15 is 0 Å².